The van der Waals surface area contributed by atoms with E-state index in [-0.39, 0.29) is 12.5 Å². The van der Waals surface area contributed by atoms with E-state index in [1.165, 1.54) is 14.2 Å². The van der Waals surface area contributed by atoms with Gasteiger partial charge in [-0.2, -0.15) is 0 Å². The topological polar surface area (TPSA) is 67.8 Å². The van der Waals surface area contributed by atoms with Gasteiger partial charge in [-0.3, -0.25) is 4.79 Å². The number of aliphatic hydroxyl groups is 1. The number of amides is 1. The fraction of sp³-hybridized carbons (Fsp3) is 0.500. The van der Waals surface area contributed by atoms with Crippen LogP contribution in [-0.2, 0) is 0 Å². The Labute approximate surface area is 112 Å². The molecule has 1 aromatic carbocycles. The predicted octanol–water partition coefficient (Wildman–Crippen LogP) is 1.35. The maximum Gasteiger partial charge on any atom is 0.259 e. The molecule has 5 nitrogen and oxygen atoms in total. The highest BCUT2D eigenvalue weighted by atomic mass is 16.5. The highest BCUT2D eigenvalue weighted by Gasteiger charge is 2.38. The minimum absolute atomic E-state index is 0.0454. The SMILES string of the molecule is COc1cccc(OC)c1C(=O)NC1(CO)CCC1. The molecule has 0 aliphatic heterocycles. The van der Waals surface area contributed by atoms with Crippen molar-refractivity contribution in [3.63, 3.8) is 0 Å². The molecule has 1 saturated carbocycles. The summed E-state index contributed by atoms with van der Waals surface area (Å²) in [5.41, 5.74) is -0.115. The van der Waals surface area contributed by atoms with Gasteiger partial charge >= 0.3 is 0 Å². The van der Waals surface area contributed by atoms with Crippen molar-refractivity contribution in [2.45, 2.75) is 24.8 Å². The zero-order valence-corrected chi connectivity index (χ0v) is 11.2. The van der Waals surface area contributed by atoms with Crippen molar-refractivity contribution in [3.05, 3.63) is 23.8 Å². The second-order valence-corrected chi connectivity index (χ2v) is 4.78. The van der Waals surface area contributed by atoms with Crippen LogP contribution in [0.1, 0.15) is 29.6 Å². The van der Waals surface area contributed by atoms with Crippen LogP contribution >= 0.6 is 0 Å². The van der Waals surface area contributed by atoms with Gasteiger partial charge < -0.3 is 19.9 Å². The number of carbonyl (C=O) groups excluding carboxylic acids is 1. The van der Waals surface area contributed by atoms with Gasteiger partial charge in [-0.05, 0) is 31.4 Å². The van der Waals surface area contributed by atoms with Crippen molar-refractivity contribution >= 4 is 5.91 Å². The number of rotatable bonds is 5. The van der Waals surface area contributed by atoms with Crippen LogP contribution < -0.4 is 14.8 Å². The highest BCUT2D eigenvalue weighted by molar-refractivity contribution is 6.00. The highest BCUT2D eigenvalue weighted by Crippen LogP contribution is 2.34. The summed E-state index contributed by atoms with van der Waals surface area (Å²) < 4.78 is 10.4. The molecule has 0 bridgehead atoms. The number of carbonyl (C=O) groups is 1. The Morgan fingerprint density at radius 2 is 1.89 bits per heavy atom. The smallest absolute Gasteiger partial charge is 0.259 e. The van der Waals surface area contributed by atoms with Crippen molar-refractivity contribution in [1.29, 1.82) is 0 Å². The first kappa shape index (κ1) is 13.7. The molecule has 2 rings (SSSR count). The van der Waals surface area contributed by atoms with Gasteiger partial charge in [0.1, 0.15) is 17.1 Å². The van der Waals surface area contributed by atoms with E-state index in [1.807, 2.05) is 0 Å². The van der Waals surface area contributed by atoms with E-state index >= 15 is 0 Å². The fourth-order valence-electron chi connectivity index (χ4n) is 2.30. The third-order valence-corrected chi connectivity index (χ3v) is 3.65. The van der Waals surface area contributed by atoms with Gasteiger partial charge in [-0.15, -0.1) is 0 Å². The predicted molar refractivity (Wildman–Crippen MR) is 70.7 cm³/mol. The van der Waals surface area contributed by atoms with Gasteiger partial charge in [0.15, 0.2) is 0 Å². The van der Waals surface area contributed by atoms with Crippen molar-refractivity contribution in [2.75, 3.05) is 20.8 Å². The Bertz CT molecular complexity index is 441. The lowest BCUT2D eigenvalue weighted by molar-refractivity contribution is 0.0637. The molecule has 1 fully saturated rings. The first-order valence-corrected chi connectivity index (χ1v) is 6.30. The summed E-state index contributed by atoms with van der Waals surface area (Å²) in [5, 5.41) is 12.3. The summed E-state index contributed by atoms with van der Waals surface area (Å²) in [5.74, 6) is 0.650. The molecular formula is C14H19NO4. The molecule has 19 heavy (non-hydrogen) atoms. The number of hydrogen-bond acceptors (Lipinski definition) is 4. The van der Waals surface area contributed by atoms with Crippen LogP contribution in [0.5, 0.6) is 11.5 Å². The normalized spacial score (nSPS) is 16.4. The van der Waals surface area contributed by atoms with Crippen LogP contribution in [0.25, 0.3) is 0 Å². The fourth-order valence-corrected chi connectivity index (χ4v) is 2.30. The van der Waals surface area contributed by atoms with Crippen LogP contribution in [0, 0.1) is 0 Å². The summed E-state index contributed by atoms with van der Waals surface area (Å²) >= 11 is 0. The second-order valence-electron chi connectivity index (χ2n) is 4.78. The number of methoxy groups -OCH3 is 2. The summed E-state index contributed by atoms with van der Waals surface area (Å²) in [6.45, 7) is -0.0454. The zero-order chi connectivity index (χ0) is 13.9. The van der Waals surface area contributed by atoms with Gasteiger partial charge in [0.2, 0.25) is 0 Å². The van der Waals surface area contributed by atoms with E-state index in [4.69, 9.17) is 9.47 Å². The van der Waals surface area contributed by atoms with Gasteiger partial charge in [0.25, 0.3) is 5.91 Å². The van der Waals surface area contributed by atoms with E-state index in [0.717, 1.165) is 19.3 Å². The van der Waals surface area contributed by atoms with Crippen molar-refractivity contribution < 1.29 is 19.4 Å². The van der Waals surface area contributed by atoms with E-state index < -0.39 is 5.54 Å². The van der Waals surface area contributed by atoms with E-state index in [2.05, 4.69) is 5.32 Å². The molecule has 0 heterocycles. The van der Waals surface area contributed by atoms with Crippen molar-refractivity contribution in [1.82, 2.24) is 5.32 Å². The standard InChI is InChI=1S/C14H19NO4/c1-18-10-5-3-6-11(19-2)12(10)13(17)15-14(9-16)7-4-8-14/h3,5-6,16H,4,7-9H2,1-2H3,(H,15,17). The molecule has 5 heteroatoms. The van der Waals surface area contributed by atoms with Gasteiger partial charge in [0.05, 0.1) is 26.4 Å². The Balaban J connectivity index is 2.27. The number of hydrogen-bond donors (Lipinski definition) is 2. The van der Waals surface area contributed by atoms with E-state index in [0.29, 0.717) is 17.1 Å². The first-order chi connectivity index (χ1) is 9.15. The zero-order valence-electron chi connectivity index (χ0n) is 11.2. The van der Waals surface area contributed by atoms with E-state index in [9.17, 15) is 9.90 Å². The third kappa shape index (κ3) is 2.51. The van der Waals surface area contributed by atoms with Crippen LogP contribution in [0.2, 0.25) is 0 Å². The molecule has 0 radical (unpaired) electrons. The monoisotopic (exact) mass is 265 g/mol. The Hall–Kier alpha value is -1.75. The van der Waals surface area contributed by atoms with Crippen LogP contribution in [0.15, 0.2) is 18.2 Å². The molecule has 2 N–H and O–H groups in total. The molecule has 0 saturated heterocycles. The number of benzene rings is 1. The van der Waals surface area contributed by atoms with Gasteiger partial charge in [-0.1, -0.05) is 6.07 Å². The second kappa shape index (κ2) is 5.48. The third-order valence-electron chi connectivity index (χ3n) is 3.65. The first-order valence-electron chi connectivity index (χ1n) is 6.30. The van der Waals surface area contributed by atoms with Crippen molar-refractivity contribution in [2.24, 2.45) is 0 Å². The molecular weight excluding hydrogens is 246 g/mol. The molecule has 0 unspecified atom stereocenters. The van der Waals surface area contributed by atoms with Crippen LogP contribution in [0.3, 0.4) is 0 Å². The summed E-state index contributed by atoms with van der Waals surface area (Å²) in [6.07, 6.45) is 2.61. The Morgan fingerprint density at radius 3 is 2.26 bits per heavy atom. The average molecular weight is 265 g/mol. The molecule has 1 aromatic rings. The average Bonchev–Trinajstić information content (AvgIpc) is 2.41. The minimum Gasteiger partial charge on any atom is -0.496 e. The summed E-state index contributed by atoms with van der Waals surface area (Å²) in [7, 11) is 3.02. The van der Waals surface area contributed by atoms with Crippen molar-refractivity contribution in [3.8, 4) is 11.5 Å². The quantitative estimate of drug-likeness (QED) is 0.843. The lowest BCUT2D eigenvalue weighted by Crippen LogP contribution is -2.56. The molecule has 0 aromatic heterocycles. The summed E-state index contributed by atoms with van der Waals surface area (Å²) in [6, 6.07) is 5.19. The molecule has 1 aliphatic carbocycles. The Morgan fingerprint density at radius 1 is 1.32 bits per heavy atom. The molecule has 0 atom stereocenters. The minimum atomic E-state index is -0.483. The van der Waals surface area contributed by atoms with Crippen LogP contribution in [-0.4, -0.2) is 37.4 Å². The van der Waals surface area contributed by atoms with Gasteiger partial charge in [-0.25, -0.2) is 0 Å². The summed E-state index contributed by atoms with van der Waals surface area (Å²) in [4.78, 5) is 12.4. The number of nitrogens with one attached hydrogen (secondary N) is 1. The van der Waals surface area contributed by atoms with E-state index in [1.54, 1.807) is 18.2 Å². The number of ether oxygens (including phenoxy) is 2. The Kier molecular flexibility index (Phi) is 3.95. The van der Waals surface area contributed by atoms with Crippen LogP contribution in [0.4, 0.5) is 0 Å². The molecule has 0 spiro atoms. The lowest BCUT2D eigenvalue weighted by Gasteiger charge is -2.41. The lowest BCUT2D eigenvalue weighted by atomic mass is 9.77. The van der Waals surface area contributed by atoms with Gasteiger partial charge in [0, 0.05) is 0 Å². The largest absolute Gasteiger partial charge is 0.496 e. The number of aliphatic hydroxyl groups excluding tert-OH is 1. The maximum absolute atomic E-state index is 12.4. The molecule has 1 amide bonds. The molecule has 1 aliphatic rings. The maximum atomic E-state index is 12.4. The molecule has 104 valence electrons.